The van der Waals surface area contributed by atoms with Gasteiger partial charge in [-0.1, -0.05) is 6.92 Å². The molecule has 1 aliphatic heterocycles. The van der Waals surface area contributed by atoms with E-state index < -0.39 is 0 Å². The Morgan fingerprint density at radius 1 is 1.64 bits per heavy atom. The summed E-state index contributed by atoms with van der Waals surface area (Å²) in [6.07, 6.45) is 0. The molecule has 1 fully saturated rings. The van der Waals surface area contributed by atoms with Gasteiger partial charge in [-0.3, -0.25) is 4.79 Å². The lowest BCUT2D eigenvalue weighted by Gasteiger charge is -2.44. The minimum Gasteiger partial charge on any atom is -0.348 e. The van der Waals surface area contributed by atoms with Gasteiger partial charge in [-0.15, -0.1) is 11.8 Å². The van der Waals surface area contributed by atoms with E-state index in [9.17, 15) is 4.79 Å². The lowest BCUT2D eigenvalue weighted by Crippen LogP contribution is -2.52. The first-order valence-electron chi connectivity index (χ1n) is 3.84. The molecule has 2 nitrogen and oxygen atoms in total. The average Bonchev–Trinajstić information content (AvgIpc) is 1.98. The van der Waals surface area contributed by atoms with Crippen LogP contribution in [0.25, 0.3) is 0 Å². The largest absolute Gasteiger partial charge is 0.348 e. The average molecular weight is 173 g/mol. The molecule has 0 aromatic rings. The number of rotatable bonds is 1. The molecule has 1 saturated heterocycles. The number of carbonyl (C=O) groups is 1. The van der Waals surface area contributed by atoms with Crippen LogP contribution in [0, 0.1) is 5.92 Å². The fraction of sp³-hybridized carbons (Fsp3) is 0.875. The summed E-state index contributed by atoms with van der Waals surface area (Å²) in [6.45, 7) is 4.17. The monoisotopic (exact) mass is 173 g/mol. The number of thioether (sulfide) groups is 1. The lowest BCUT2D eigenvalue weighted by atomic mass is 9.94. The van der Waals surface area contributed by atoms with Crippen molar-refractivity contribution in [1.29, 1.82) is 0 Å². The van der Waals surface area contributed by atoms with Gasteiger partial charge in [0.25, 0.3) is 0 Å². The molecule has 2 unspecified atom stereocenters. The molecular formula is C8H15NOS. The van der Waals surface area contributed by atoms with Crippen molar-refractivity contribution in [3.63, 3.8) is 0 Å². The number of nitrogens with zero attached hydrogens (tertiary/aromatic N) is 1. The highest BCUT2D eigenvalue weighted by Gasteiger charge is 2.47. The molecule has 2 atom stereocenters. The predicted octanol–water partition coefficient (Wildman–Crippen LogP) is 1.22. The van der Waals surface area contributed by atoms with Gasteiger partial charge in [-0.25, -0.2) is 0 Å². The van der Waals surface area contributed by atoms with Gasteiger partial charge >= 0.3 is 0 Å². The van der Waals surface area contributed by atoms with Gasteiger partial charge in [0, 0.05) is 14.1 Å². The molecule has 0 aromatic heterocycles. The van der Waals surface area contributed by atoms with Crippen molar-refractivity contribution in [3.05, 3.63) is 0 Å². The number of carbonyl (C=O) groups excluding carboxylic acids is 1. The summed E-state index contributed by atoms with van der Waals surface area (Å²) in [7, 11) is 3.64. The molecular weight excluding hydrogens is 158 g/mol. The second-order valence-corrected chi connectivity index (χ2v) is 4.99. The Labute approximate surface area is 72.3 Å². The van der Waals surface area contributed by atoms with Crippen LogP contribution in [0.4, 0.5) is 0 Å². The quantitative estimate of drug-likeness (QED) is 0.594. The number of hydrogen-bond donors (Lipinski definition) is 0. The lowest BCUT2D eigenvalue weighted by molar-refractivity contribution is -0.132. The van der Waals surface area contributed by atoms with Gasteiger partial charge in [0.15, 0.2) is 0 Å². The van der Waals surface area contributed by atoms with E-state index >= 15 is 0 Å². The Morgan fingerprint density at radius 2 is 2.18 bits per heavy atom. The second-order valence-electron chi connectivity index (χ2n) is 3.52. The van der Waals surface area contributed by atoms with E-state index in [2.05, 4.69) is 6.92 Å². The molecule has 64 valence electrons. The molecule has 1 heterocycles. The van der Waals surface area contributed by atoms with E-state index in [1.807, 2.05) is 21.0 Å². The van der Waals surface area contributed by atoms with Gasteiger partial charge in [0.05, 0.1) is 4.75 Å². The van der Waals surface area contributed by atoms with Crippen molar-refractivity contribution in [1.82, 2.24) is 4.90 Å². The maximum Gasteiger partial charge on any atom is 0.238 e. The Kier molecular flexibility index (Phi) is 2.19. The van der Waals surface area contributed by atoms with E-state index in [0.717, 1.165) is 5.75 Å². The summed E-state index contributed by atoms with van der Waals surface area (Å²) in [5, 5.41) is 0. The van der Waals surface area contributed by atoms with E-state index in [1.54, 1.807) is 16.7 Å². The van der Waals surface area contributed by atoms with Crippen LogP contribution in [0.5, 0.6) is 0 Å². The zero-order chi connectivity index (χ0) is 8.65. The standard InChI is InChI=1S/C8H15NOS/c1-6-5-11-8(6,2)7(10)9(3)4/h6H,5H2,1-4H3. The minimum absolute atomic E-state index is 0.135. The summed E-state index contributed by atoms with van der Waals surface area (Å²) in [6, 6.07) is 0. The van der Waals surface area contributed by atoms with Crippen molar-refractivity contribution in [2.75, 3.05) is 19.8 Å². The highest BCUT2D eigenvalue weighted by Crippen LogP contribution is 2.46. The van der Waals surface area contributed by atoms with Crippen molar-refractivity contribution >= 4 is 17.7 Å². The van der Waals surface area contributed by atoms with Gasteiger partial charge in [0.2, 0.25) is 5.91 Å². The first-order valence-corrected chi connectivity index (χ1v) is 4.82. The van der Waals surface area contributed by atoms with Crippen LogP contribution in [0.15, 0.2) is 0 Å². The second kappa shape index (κ2) is 2.70. The molecule has 0 aromatic carbocycles. The molecule has 0 N–H and O–H groups in total. The first-order chi connectivity index (χ1) is 4.98. The van der Waals surface area contributed by atoms with Crippen LogP contribution in [-0.2, 0) is 4.79 Å². The summed E-state index contributed by atoms with van der Waals surface area (Å²) in [5.41, 5.74) is 0. The van der Waals surface area contributed by atoms with Crippen LogP contribution in [0.1, 0.15) is 13.8 Å². The molecule has 0 radical (unpaired) electrons. The number of hydrogen-bond acceptors (Lipinski definition) is 2. The third kappa shape index (κ3) is 1.26. The van der Waals surface area contributed by atoms with E-state index in [-0.39, 0.29) is 10.7 Å². The zero-order valence-corrected chi connectivity index (χ0v) is 8.36. The Bertz CT molecular complexity index is 181. The van der Waals surface area contributed by atoms with Crippen LogP contribution >= 0.6 is 11.8 Å². The molecule has 0 spiro atoms. The zero-order valence-electron chi connectivity index (χ0n) is 7.55. The molecule has 1 rings (SSSR count). The Hall–Kier alpha value is -0.180. The molecule has 1 aliphatic rings. The van der Waals surface area contributed by atoms with Crippen molar-refractivity contribution in [2.24, 2.45) is 5.92 Å². The molecule has 0 bridgehead atoms. The van der Waals surface area contributed by atoms with Crippen molar-refractivity contribution < 1.29 is 4.79 Å². The Morgan fingerprint density at radius 3 is 2.27 bits per heavy atom. The molecule has 0 aliphatic carbocycles. The fourth-order valence-corrected chi connectivity index (χ4v) is 2.52. The van der Waals surface area contributed by atoms with E-state index in [4.69, 9.17) is 0 Å². The van der Waals surface area contributed by atoms with Crippen LogP contribution in [-0.4, -0.2) is 35.4 Å². The molecule has 3 heteroatoms. The Balaban J connectivity index is 2.66. The molecule has 11 heavy (non-hydrogen) atoms. The highest BCUT2D eigenvalue weighted by atomic mass is 32.2. The SMILES string of the molecule is CC1CSC1(C)C(=O)N(C)C. The third-order valence-electron chi connectivity index (χ3n) is 2.40. The summed E-state index contributed by atoms with van der Waals surface area (Å²) in [5.74, 6) is 1.90. The maximum absolute atomic E-state index is 11.6. The van der Waals surface area contributed by atoms with Gasteiger partial charge < -0.3 is 4.90 Å². The molecule has 0 saturated carbocycles. The summed E-state index contributed by atoms with van der Waals surface area (Å²) >= 11 is 1.76. The van der Waals surface area contributed by atoms with Gasteiger partial charge in [-0.05, 0) is 18.6 Å². The third-order valence-corrected chi connectivity index (χ3v) is 4.25. The topological polar surface area (TPSA) is 20.3 Å². The highest BCUT2D eigenvalue weighted by molar-refractivity contribution is 8.02. The van der Waals surface area contributed by atoms with Gasteiger partial charge in [-0.2, -0.15) is 0 Å². The summed E-state index contributed by atoms with van der Waals surface area (Å²) < 4.78 is -0.135. The van der Waals surface area contributed by atoms with Crippen molar-refractivity contribution in [2.45, 2.75) is 18.6 Å². The first kappa shape index (κ1) is 8.91. The molecule has 1 amide bonds. The van der Waals surface area contributed by atoms with Crippen LogP contribution in [0.3, 0.4) is 0 Å². The predicted molar refractivity (Wildman–Crippen MR) is 48.7 cm³/mol. The minimum atomic E-state index is -0.135. The van der Waals surface area contributed by atoms with Gasteiger partial charge in [0.1, 0.15) is 0 Å². The van der Waals surface area contributed by atoms with Crippen LogP contribution < -0.4 is 0 Å². The number of amides is 1. The smallest absolute Gasteiger partial charge is 0.238 e. The van der Waals surface area contributed by atoms with Crippen LogP contribution in [0.2, 0.25) is 0 Å². The fourth-order valence-electron chi connectivity index (χ4n) is 1.22. The summed E-state index contributed by atoms with van der Waals surface area (Å²) in [4.78, 5) is 13.2. The van der Waals surface area contributed by atoms with E-state index in [1.165, 1.54) is 0 Å². The maximum atomic E-state index is 11.6. The normalized spacial score (nSPS) is 36.2. The van der Waals surface area contributed by atoms with E-state index in [0.29, 0.717) is 5.92 Å². The van der Waals surface area contributed by atoms with Crippen molar-refractivity contribution in [3.8, 4) is 0 Å².